The molecule has 0 unspecified atom stereocenters. The lowest BCUT2D eigenvalue weighted by molar-refractivity contribution is -0.357. The van der Waals surface area contributed by atoms with Gasteiger partial charge in [0.1, 0.15) is 49.3 Å². The van der Waals surface area contributed by atoms with E-state index in [9.17, 15) is 50.8 Å². The summed E-state index contributed by atoms with van der Waals surface area (Å²) < 4.78 is 27.7. The molecule has 0 amide bonds. The highest BCUT2D eigenvalue weighted by Crippen LogP contribution is 2.31. The van der Waals surface area contributed by atoms with Crippen LogP contribution in [0.15, 0.2) is 42.5 Å². The minimum absolute atomic E-state index is 0.0754. The summed E-state index contributed by atoms with van der Waals surface area (Å²) in [5.41, 5.74) is 0.962. The molecule has 9 N–H and O–H groups in total. The Morgan fingerprint density at radius 1 is 0.795 bits per heavy atom. The normalized spacial score (nSPS) is 32.5. The lowest BCUT2D eigenvalue weighted by atomic mass is 9.97. The van der Waals surface area contributed by atoms with Gasteiger partial charge in [-0.1, -0.05) is 12.1 Å². The number of rotatable bonds is 10. The van der Waals surface area contributed by atoms with Crippen molar-refractivity contribution in [2.45, 2.75) is 74.8 Å². The van der Waals surface area contributed by atoms with E-state index in [-0.39, 0.29) is 36.0 Å². The van der Waals surface area contributed by atoms with Crippen molar-refractivity contribution in [3.63, 3.8) is 0 Å². The second-order valence-corrected chi connectivity index (χ2v) is 10.5. The Bertz CT molecular complexity index is 1300. The van der Waals surface area contributed by atoms with E-state index >= 15 is 0 Å². The molecule has 0 aromatic heterocycles. The summed E-state index contributed by atoms with van der Waals surface area (Å²) in [6, 6.07) is 8.05. The van der Waals surface area contributed by atoms with Gasteiger partial charge >= 0.3 is 5.97 Å². The van der Waals surface area contributed by atoms with Gasteiger partial charge in [0.25, 0.3) is 0 Å². The highest BCUT2D eigenvalue weighted by atomic mass is 16.7. The zero-order chi connectivity index (χ0) is 32.1. The summed E-state index contributed by atoms with van der Waals surface area (Å²) in [5.74, 6) is -2.23. The predicted molar refractivity (Wildman–Crippen MR) is 147 cm³/mol. The molecule has 2 fully saturated rings. The van der Waals surface area contributed by atoms with Crippen LogP contribution in [0.3, 0.4) is 0 Å². The number of aromatic hydroxyl groups is 4. The third-order valence-corrected chi connectivity index (χ3v) is 7.26. The number of carbonyl (C=O) groups excluding carboxylic acids is 1. The van der Waals surface area contributed by atoms with Gasteiger partial charge in [-0.2, -0.15) is 0 Å². The van der Waals surface area contributed by atoms with Gasteiger partial charge in [0, 0.05) is 6.08 Å². The number of esters is 1. The maximum absolute atomic E-state index is 12.4. The average Bonchev–Trinajstić information content (AvgIpc) is 2.99. The maximum Gasteiger partial charge on any atom is 0.330 e. The molecule has 2 saturated heterocycles. The minimum Gasteiger partial charge on any atom is -0.504 e. The van der Waals surface area contributed by atoms with E-state index in [1.165, 1.54) is 43.3 Å². The fourth-order valence-electron chi connectivity index (χ4n) is 4.66. The summed E-state index contributed by atoms with van der Waals surface area (Å²) in [6.07, 6.45) is -12.5. The van der Waals surface area contributed by atoms with Crippen molar-refractivity contribution in [1.82, 2.24) is 0 Å². The van der Waals surface area contributed by atoms with Crippen LogP contribution in [0, 0.1) is 0 Å². The number of ether oxygens (including phenoxy) is 5. The first kappa shape index (κ1) is 33.4. The molecule has 10 atom stereocenters. The van der Waals surface area contributed by atoms with Gasteiger partial charge in [0.05, 0.1) is 12.7 Å². The van der Waals surface area contributed by atoms with Gasteiger partial charge in [0.2, 0.25) is 0 Å². The Hall–Kier alpha value is -3.51. The fraction of sp³-hybridized carbons (Fsp3) is 0.483. The summed E-state index contributed by atoms with van der Waals surface area (Å²) >= 11 is 0. The topological polar surface area (TPSA) is 245 Å². The Kier molecular flexibility index (Phi) is 11.0. The lowest BCUT2D eigenvalue weighted by Gasteiger charge is -2.45. The molecular formula is C29H36O15. The smallest absolute Gasteiger partial charge is 0.330 e. The first-order valence-electron chi connectivity index (χ1n) is 13.7. The number of benzene rings is 2. The molecule has 0 aliphatic carbocycles. The van der Waals surface area contributed by atoms with Crippen LogP contribution >= 0.6 is 0 Å². The minimum atomic E-state index is -1.74. The standard InChI is InChI=1S/C29H36O15/c1-13-22(35)24(37)25(38)29(42-13)44-27-23(36)20(12-41-21(34)7-4-14-2-5-16(30)18(32)10-14)43-28(26(27)39)40-9-8-15-3-6-17(31)19(33)11-15/h2-7,10-11,13,20,22-33,35-39H,8-9,12H2,1H3/b7-4+/t13-,20+,22-,23+,24+,25-,26+,27-,28+,29+/m1/s1/i4+1,7+1,21+1. The van der Waals surface area contributed by atoms with Crippen LogP contribution in [0.25, 0.3) is 6.08 Å². The van der Waals surface area contributed by atoms with Crippen molar-refractivity contribution < 1.29 is 74.4 Å². The Morgan fingerprint density at radius 3 is 2.16 bits per heavy atom. The van der Waals surface area contributed by atoms with Gasteiger partial charge in [0.15, 0.2) is 35.6 Å². The second kappa shape index (κ2) is 14.5. The molecule has 2 aromatic rings. The highest BCUT2D eigenvalue weighted by molar-refractivity contribution is 5.87. The van der Waals surface area contributed by atoms with E-state index in [1.807, 2.05) is 0 Å². The van der Waals surface area contributed by atoms with Crippen LogP contribution in [0.1, 0.15) is 18.1 Å². The number of phenols is 4. The average molecular weight is 628 g/mol. The van der Waals surface area contributed by atoms with E-state index in [4.69, 9.17) is 23.7 Å². The monoisotopic (exact) mass is 627 g/mol. The second-order valence-electron chi connectivity index (χ2n) is 10.5. The van der Waals surface area contributed by atoms with Crippen LogP contribution in [0.2, 0.25) is 0 Å². The molecule has 4 rings (SSSR count). The molecule has 0 radical (unpaired) electrons. The van der Waals surface area contributed by atoms with Crippen LogP contribution in [0.5, 0.6) is 23.0 Å². The van der Waals surface area contributed by atoms with Gasteiger partial charge < -0.3 is 69.6 Å². The van der Waals surface area contributed by atoms with Gasteiger partial charge in [-0.15, -0.1) is 0 Å². The number of hydrogen-bond donors (Lipinski definition) is 9. The van der Waals surface area contributed by atoms with Crippen molar-refractivity contribution in [3.8, 4) is 23.0 Å². The first-order chi connectivity index (χ1) is 20.8. The van der Waals surface area contributed by atoms with Crippen LogP contribution in [0.4, 0.5) is 0 Å². The molecule has 2 aliphatic heterocycles. The van der Waals surface area contributed by atoms with Crippen LogP contribution in [-0.4, -0.2) is 127 Å². The largest absolute Gasteiger partial charge is 0.504 e. The number of hydrogen-bond acceptors (Lipinski definition) is 15. The molecule has 0 spiro atoms. The van der Waals surface area contributed by atoms with Crippen molar-refractivity contribution in [3.05, 3.63) is 53.6 Å². The molecule has 44 heavy (non-hydrogen) atoms. The highest BCUT2D eigenvalue weighted by Gasteiger charge is 2.50. The molecule has 2 aromatic carbocycles. The summed E-state index contributed by atoms with van der Waals surface area (Å²) in [6.45, 7) is 0.804. The van der Waals surface area contributed by atoms with Gasteiger partial charge in [-0.05, 0) is 54.8 Å². The molecule has 2 aliphatic rings. The molecule has 0 bridgehead atoms. The third-order valence-electron chi connectivity index (χ3n) is 7.26. The molecule has 15 heteroatoms. The maximum atomic E-state index is 12.4. The zero-order valence-corrected chi connectivity index (χ0v) is 23.5. The van der Waals surface area contributed by atoms with E-state index in [1.54, 1.807) is 6.07 Å². The predicted octanol–water partition coefficient (Wildman–Crippen LogP) is -1.02. The van der Waals surface area contributed by atoms with Gasteiger partial charge in [-0.25, -0.2) is 4.79 Å². The lowest BCUT2D eigenvalue weighted by Crippen LogP contribution is -2.64. The van der Waals surface area contributed by atoms with Crippen LogP contribution < -0.4 is 0 Å². The number of aliphatic hydroxyl groups is 5. The summed E-state index contributed by atoms with van der Waals surface area (Å²) in [4.78, 5) is 12.4. The van der Waals surface area contributed by atoms with Gasteiger partial charge in [-0.3, -0.25) is 0 Å². The molecule has 242 valence electrons. The van der Waals surface area contributed by atoms with Crippen molar-refractivity contribution >= 4 is 12.0 Å². The molecular weight excluding hydrogens is 591 g/mol. The Labute approximate surface area is 251 Å². The third kappa shape index (κ3) is 7.95. The number of aliphatic hydroxyl groups excluding tert-OH is 5. The summed E-state index contributed by atoms with van der Waals surface area (Å²) in [7, 11) is 0. The van der Waals surface area contributed by atoms with Crippen molar-refractivity contribution in [1.29, 1.82) is 0 Å². The Balaban J connectivity index is 1.44. The molecule has 15 nitrogen and oxygen atoms in total. The number of carbonyl (C=O) groups is 1. The quantitative estimate of drug-likeness (QED) is 0.0663. The van der Waals surface area contributed by atoms with E-state index in [0.717, 1.165) is 6.08 Å². The molecule has 0 saturated carbocycles. The van der Waals surface area contributed by atoms with E-state index < -0.39 is 74.0 Å². The fourth-order valence-corrected chi connectivity index (χ4v) is 4.66. The Morgan fingerprint density at radius 2 is 1.48 bits per heavy atom. The first-order valence-corrected chi connectivity index (χ1v) is 13.7. The van der Waals surface area contributed by atoms with E-state index in [2.05, 4.69) is 0 Å². The van der Waals surface area contributed by atoms with E-state index in [0.29, 0.717) is 11.1 Å². The molecule has 2 heterocycles. The van der Waals surface area contributed by atoms with Crippen LogP contribution in [-0.2, 0) is 34.9 Å². The van der Waals surface area contributed by atoms with Crippen molar-refractivity contribution in [2.75, 3.05) is 13.2 Å². The zero-order valence-electron chi connectivity index (χ0n) is 23.5. The van der Waals surface area contributed by atoms with Crippen molar-refractivity contribution in [2.24, 2.45) is 0 Å². The SMILES string of the molecule is C[C@H]1O[C@@H](O[C@H]2[C@H](O)[C@@H](OCCc3ccc(O)c(O)c3)O[C@@H](CO[13C](=O)/[13CH]=[13CH]/c3ccc(O)c(O)c3)[C@@H]2O)[C@H](O)[C@@H](O)[C@@H]1O. The summed E-state index contributed by atoms with van der Waals surface area (Å²) in [5, 5.41) is 90.8. The number of phenolic OH excluding ortho intramolecular Hbond substituents is 4.